The number of rotatable bonds is 6. The number of sulfone groups is 1. The Morgan fingerprint density at radius 3 is 2.48 bits per heavy atom. The number of fused-ring (bicyclic) bond motifs is 1. The molecule has 0 fully saturated rings. The van der Waals surface area contributed by atoms with E-state index >= 15 is 0 Å². The van der Waals surface area contributed by atoms with Crippen LogP contribution in [0.5, 0.6) is 5.75 Å². The van der Waals surface area contributed by atoms with Crippen molar-refractivity contribution in [2.24, 2.45) is 0 Å². The third kappa shape index (κ3) is 4.38. The Morgan fingerprint density at radius 1 is 1.16 bits per heavy atom. The standard InChI is InChI=1S/C19H15FN4O6S/c20-12-1-7-15(8-2-12)30-9-18(25)21-19-16-10-31(28,29)11-17(16)22-23(19)13-3-5-14(6-4-13)24(26)27/h1-8H,9-11H2,(H,21,25). The van der Waals surface area contributed by atoms with Crippen molar-refractivity contribution >= 4 is 27.2 Å². The van der Waals surface area contributed by atoms with E-state index in [1.807, 2.05) is 0 Å². The Morgan fingerprint density at radius 2 is 1.84 bits per heavy atom. The molecule has 0 saturated heterocycles. The maximum absolute atomic E-state index is 13.0. The molecule has 3 aromatic rings. The Kier molecular flexibility index (Phi) is 5.15. The molecule has 12 heteroatoms. The minimum atomic E-state index is -3.38. The third-order valence-corrected chi connectivity index (χ3v) is 5.98. The average Bonchev–Trinajstić information content (AvgIpc) is 3.20. The van der Waals surface area contributed by atoms with Crippen molar-refractivity contribution in [1.82, 2.24) is 9.78 Å². The van der Waals surface area contributed by atoms with Crippen molar-refractivity contribution in [1.29, 1.82) is 0 Å². The monoisotopic (exact) mass is 446 g/mol. The van der Waals surface area contributed by atoms with Gasteiger partial charge in [0, 0.05) is 17.7 Å². The number of ether oxygens (including phenoxy) is 1. The first-order chi connectivity index (χ1) is 14.7. The molecule has 2 aromatic carbocycles. The zero-order chi connectivity index (χ0) is 22.2. The molecule has 1 aromatic heterocycles. The number of nitrogens with one attached hydrogen (secondary N) is 1. The summed E-state index contributed by atoms with van der Waals surface area (Å²) >= 11 is 0. The molecule has 160 valence electrons. The summed E-state index contributed by atoms with van der Waals surface area (Å²) < 4.78 is 43.6. The molecular weight excluding hydrogens is 431 g/mol. The number of hydrogen-bond donors (Lipinski definition) is 1. The normalized spacial score (nSPS) is 14.1. The molecule has 0 aliphatic carbocycles. The third-order valence-electron chi connectivity index (χ3n) is 4.53. The molecule has 1 N–H and O–H groups in total. The van der Waals surface area contributed by atoms with Gasteiger partial charge in [-0.2, -0.15) is 5.10 Å². The molecule has 1 aliphatic heterocycles. The molecule has 0 unspecified atom stereocenters. The fourth-order valence-corrected chi connectivity index (χ4v) is 4.61. The maximum atomic E-state index is 13.0. The maximum Gasteiger partial charge on any atom is 0.269 e. The summed E-state index contributed by atoms with van der Waals surface area (Å²) in [6.07, 6.45) is 0. The Hall–Kier alpha value is -3.80. The number of nitro benzene ring substituents is 1. The van der Waals surface area contributed by atoms with Gasteiger partial charge in [0.15, 0.2) is 16.4 Å². The number of carbonyl (C=O) groups excluding carboxylic acids is 1. The van der Waals surface area contributed by atoms with E-state index in [9.17, 15) is 27.7 Å². The Balaban J connectivity index is 1.60. The number of aromatic nitrogens is 2. The van der Waals surface area contributed by atoms with Gasteiger partial charge in [-0.15, -0.1) is 0 Å². The number of nitrogens with zero attached hydrogens (tertiary/aromatic N) is 3. The lowest BCUT2D eigenvalue weighted by Crippen LogP contribution is -2.22. The predicted molar refractivity (Wildman–Crippen MR) is 107 cm³/mol. The summed E-state index contributed by atoms with van der Waals surface area (Å²) in [6.45, 7) is -0.404. The van der Waals surface area contributed by atoms with E-state index in [4.69, 9.17) is 4.74 Å². The number of hydrogen-bond acceptors (Lipinski definition) is 7. The highest BCUT2D eigenvalue weighted by Gasteiger charge is 2.33. The number of nitro groups is 1. The van der Waals surface area contributed by atoms with E-state index < -0.39 is 33.1 Å². The fourth-order valence-electron chi connectivity index (χ4n) is 3.12. The fraction of sp³-hybridized carbons (Fsp3) is 0.158. The second kappa shape index (κ2) is 7.80. The summed E-state index contributed by atoms with van der Waals surface area (Å²) in [4.78, 5) is 22.8. The topological polar surface area (TPSA) is 133 Å². The highest BCUT2D eigenvalue weighted by atomic mass is 32.2. The molecule has 2 heterocycles. The molecule has 4 rings (SSSR count). The number of anilines is 1. The number of benzene rings is 2. The molecule has 0 atom stereocenters. The largest absolute Gasteiger partial charge is 0.484 e. The van der Waals surface area contributed by atoms with Crippen LogP contribution in [0.1, 0.15) is 11.3 Å². The highest BCUT2D eigenvalue weighted by Crippen LogP contribution is 2.33. The molecule has 31 heavy (non-hydrogen) atoms. The van der Waals surface area contributed by atoms with Crippen molar-refractivity contribution in [3.05, 3.63) is 75.7 Å². The number of halogens is 1. The first-order valence-corrected chi connectivity index (χ1v) is 10.8. The van der Waals surface area contributed by atoms with Crippen molar-refractivity contribution < 1.29 is 27.3 Å². The molecular formula is C19H15FN4O6S. The lowest BCUT2D eigenvalue weighted by Gasteiger charge is -2.12. The van der Waals surface area contributed by atoms with Gasteiger partial charge in [0.25, 0.3) is 11.6 Å². The Labute approximate surface area is 175 Å². The molecule has 0 spiro atoms. The quantitative estimate of drug-likeness (QED) is 0.454. The van der Waals surface area contributed by atoms with Crippen LogP contribution in [0.3, 0.4) is 0 Å². The van der Waals surface area contributed by atoms with Gasteiger partial charge >= 0.3 is 0 Å². The van der Waals surface area contributed by atoms with Crippen LogP contribution in [-0.4, -0.2) is 35.6 Å². The van der Waals surface area contributed by atoms with E-state index in [0.29, 0.717) is 16.9 Å². The van der Waals surface area contributed by atoms with Crippen LogP contribution in [0.4, 0.5) is 15.9 Å². The molecule has 0 radical (unpaired) electrons. The van der Waals surface area contributed by atoms with Gasteiger partial charge in [0.1, 0.15) is 17.4 Å². The number of amides is 1. The second-order valence-electron chi connectivity index (χ2n) is 6.78. The summed E-state index contributed by atoms with van der Waals surface area (Å²) in [5.41, 5.74) is 0.943. The number of carbonyl (C=O) groups is 1. The summed E-state index contributed by atoms with van der Waals surface area (Å²) in [5, 5.41) is 17.8. The Bertz CT molecular complexity index is 1270. The first-order valence-electron chi connectivity index (χ1n) is 8.96. The second-order valence-corrected chi connectivity index (χ2v) is 8.85. The smallest absolute Gasteiger partial charge is 0.269 e. The van der Waals surface area contributed by atoms with Gasteiger partial charge < -0.3 is 10.1 Å². The van der Waals surface area contributed by atoms with Crippen molar-refractivity contribution in [2.75, 3.05) is 11.9 Å². The highest BCUT2D eigenvalue weighted by molar-refractivity contribution is 7.90. The molecule has 0 saturated carbocycles. The summed E-state index contributed by atoms with van der Waals surface area (Å²) in [5.74, 6) is -1.15. The van der Waals surface area contributed by atoms with Crippen LogP contribution in [0.15, 0.2) is 48.5 Å². The predicted octanol–water partition coefficient (Wildman–Crippen LogP) is 2.37. The van der Waals surface area contributed by atoms with Crippen molar-refractivity contribution in [3.8, 4) is 11.4 Å². The lowest BCUT2D eigenvalue weighted by atomic mass is 10.2. The zero-order valence-corrected chi connectivity index (χ0v) is 16.6. The summed E-state index contributed by atoms with van der Waals surface area (Å²) in [7, 11) is -3.38. The van der Waals surface area contributed by atoms with Gasteiger partial charge in [-0.3, -0.25) is 14.9 Å². The van der Waals surface area contributed by atoms with Crippen LogP contribution in [0, 0.1) is 15.9 Å². The van der Waals surface area contributed by atoms with Crippen LogP contribution < -0.4 is 10.1 Å². The summed E-state index contributed by atoms with van der Waals surface area (Å²) in [6, 6.07) is 10.6. The van der Waals surface area contributed by atoms with Gasteiger partial charge in [-0.05, 0) is 36.4 Å². The van der Waals surface area contributed by atoms with Gasteiger partial charge in [-0.1, -0.05) is 0 Å². The molecule has 0 bridgehead atoms. The van der Waals surface area contributed by atoms with E-state index in [2.05, 4.69) is 10.4 Å². The van der Waals surface area contributed by atoms with Crippen molar-refractivity contribution in [3.63, 3.8) is 0 Å². The van der Waals surface area contributed by atoms with Gasteiger partial charge in [0.05, 0.1) is 27.8 Å². The van der Waals surface area contributed by atoms with Crippen LogP contribution >= 0.6 is 0 Å². The zero-order valence-electron chi connectivity index (χ0n) is 15.8. The van der Waals surface area contributed by atoms with Crippen molar-refractivity contribution in [2.45, 2.75) is 11.5 Å². The molecule has 10 nitrogen and oxygen atoms in total. The van der Waals surface area contributed by atoms with Crippen LogP contribution in [0.25, 0.3) is 5.69 Å². The van der Waals surface area contributed by atoms with Gasteiger partial charge in [-0.25, -0.2) is 17.5 Å². The lowest BCUT2D eigenvalue weighted by molar-refractivity contribution is -0.384. The van der Waals surface area contributed by atoms with Crippen LogP contribution in [-0.2, 0) is 26.1 Å². The van der Waals surface area contributed by atoms with E-state index in [-0.39, 0.29) is 28.8 Å². The minimum Gasteiger partial charge on any atom is -0.484 e. The van der Waals surface area contributed by atoms with Gasteiger partial charge in [0.2, 0.25) is 0 Å². The van der Waals surface area contributed by atoms with E-state index in [0.717, 1.165) is 0 Å². The SMILES string of the molecule is O=C(COc1ccc(F)cc1)Nc1c2c(nn1-c1ccc([N+](=O)[O-])cc1)CS(=O)(=O)C2. The van der Waals surface area contributed by atoms with Crippen LogP contribution in [0.2, 0.25) is 0 Å². The van der Waals surface area contributed by atoms with E-state index in [1.54, 1.807) is 0 Å². The molecule has 1 aliphatic rings. The minimum absolute atomic E-state index is 0.121. The van der Waals surface area contributed by atoms with E-state index in [1.165, 1.54) is 53.2 Å². The molecule has 1 amide bonds. The number of non-ortho nitro benzene ring substituents is 1. The average molecular weight is 446 g/mol. The first kappa shape index (κ1) is 20.5.